The van der Waals surface area contributed by atoms with Crippen LogP contribution in [0.1, 0.15) is 32.8 Å². The number of benzene rings is 1. The van der Waals surface area contributed by atoms with Gasteiger partial charge in [0.2, 0.25) is 0 Å². The molecular formula is C16H25NO. The van der Waals surface area contributed by atoms with E-state index in [-0.39, 0.29) is 6.10 Å². The number of fused-ring (bicyclic) bond motifs is 1. The molecule has 1 aliphatic rings. The molecule has 0 spiro atoms. The molecule has 2 nitrogen and oxygen atoms in total. The Bertz CT molecular complexity index is 363. The molecule has 0 aromatic heterocycles. The maximum atomic E-state index is 6.10. The minimum Gasteiger partial charge on any atom is -0.488 e. The molecule has 0 fully saturated rings. The van der Waals surface area contributed by atoms with Crippen LogP contribution in [-0.4, -0.2) is 19.2 Å². The molecule has 2 rings (SSSR count). The van der Waals surface area contributed by atoms with Gasteiger partial charge >= 0.3 is 0 Å². The molecule has 0 bridgehead atoms. The average molecular weight is 247 g/mol. The Morgan fingerprint density at radius 2 is 2.00 bits per heavy atom. The predicted octanol–water partition coefficient (Wildman–Crippen LogP) is 3.26. The van der Waals surface area contributed by atoms with Gasteiger partial charge in [-0.15, -0.1) is 0 Å². The Morgan fingerprint density at radius 1 is 1.28 bits per heavy atom. The van der Waals surface area contributed by atoms with Crippen molar-refractivity contribution in [1.29, 1.82) is 0 Å². The molecule has 0 amide bonds. The molecule has 100 valence electrons. The van der Waals surface area contributed by atoms with Crippen molar-refractivity contribution >= 4 is 0 Å². The van der Waals surface area contributed by atoms with E-state index in [9.17, 15) is 0 Å². The summed E-state index contributed by atoms with van der Waals surface area (Å²) in [4.78, 5) is 0. The van der Waals surface area contributed by atoms with E-state index in [1.165, 1.54) is 12.0 Å². The van der Waals surface area contributed by atoms with E-state index in [2.05, 4.69) is 44.3 Å². The van der Waals surface area contributed by atoms with Crippen LogP contribution in [0.4, 0.5) is 0 Å². The van der Waals surface area contributed by atoms with Crippen LogP contribution in [0.5, 0.6) is 5.75 Å². The second-order valence-corrected chi connectivity index (χ2v) is 5.89. The number of rotatable bonds is 5. The van der Waals surface area contributed by atoms with Gasteiger partial charge < -0.3 is 10.1 Å². The fraction of sp³-hybridized carbons (Fsp3) is 0.625. The quantitative estimate of drug-likeness (QED) is 0.862. The van der Waals surface area contributed by atoms with Crippen LogP contribution in [-0.2, 0) is 6.42 Å². The van der Waals surface area contributed by atoms with Crippen LogP contribution in [0.2, 0.25) is 0 Å². The number of likely N-dealkylation sites (N-methyl/N-ethyl adjacent to an activating group) is 1. The van der Waals surface area contributed by atoms with E-state index < -0.39 is 0 Å². The van der Waals surface area contributed by atoms with Gasteiger partial charge in [0.1, 0.15) is 11.9 Å². The summed E-state index contributed by atoms with van der Waals surface area (Å²) in [7, 11) is 2.05. The Morgan fingerprint density at radius 3 is 2.61 bits per heavy atom. The minimum atomic E-state index is 0.279. The zero-order chi connectivity index (χ0) is 13.1. The van der Waals surface area contributed by atoms with E-state index in [0.29, 0.717) is 12.0 Å². The van der Waals surface area contributed by atoms with Gasteiger partial charge in [0.25, 0.3) is 0 Å². The fourth-order valence-electron chi connectivity index (χ4n) is 3.14. The van der Waals surface area contributed by atoms with Gasteiger partial charge in [-0.1, -0.05) is 39.0 Å². The van der Waals surface area contributed by atoms with Crippen LogP contribution >= 0.6 is 0 Å². The number of para-hydroxylation sites is 1. The SMILES string of the molecule is CNC(C(C)CC(C)C)C1Cc2ccccc2O1. The highest BCUT2D eigenvalue weighted by Crippen LogP contribution is 2.32. The molecule has 1 aromatic carbocycles. The first kappa shape index (κ1) is 13.4. The first-order chi connectivity index (χ1) is 8.61. The summed E-state index contributed by atoms with van der Waals surface area (Å²) in [6.45, 7) is 6.90. The smallest absolute Gasteiger partial charge is 0.123 e. The Kier molecular flexibility index (Phi) is 4.28. The lowest BCUT2D eigenvalue weighted by Gasteiger charge is -2.29. The van der Waals surface area contributed by atoms with Gasteiger partial charge in [-0.2, -0.15) is 0 Å². The molecule has 18 heavy (non-hydrogen) atoms. The van der Waals surface area contributed by atoms with Crippen LogP contribution in [0, 0.1) is 11.8 Å². The van der Waals surface area contributed by atoms with Crippen molar-refractivity contribution in [2.45, 2.75) is 45.8 Å². The molecule has 3 unspecified atom stereocenters. The second kappa shape index (κ2) is 5.75. The summed E-state index contributed by atoms with van der Waals surface area (Å²) < 4.78 is 6.10. The lowest BCUT2D eigenvalue weighted by atomic mass is 9.87. The monoisotopic (exact) mass is 247 g/mol. The van der Waals surface area contributed by atoms with Crippen molar-refractivity contribution in [3.63, 3.8) is 0 Å². The van der Waals surface area contributed by atoms with E-state index in [1.54, 1.807) is 0 Å². The first-order valence-electron chi connectivity index (χ1n) is 7.03. The summed E-state index contributed by atoms with van der Waals surface area (Å²) in [5.41, 5.74) is 1.35. The predicted molar refractivity (Wildman–Crippen MR) is 76.0 cm³/mol. The molecule has 1 aliphatic heterocycles. The number of hydrogen-bond donors (Lipinski definition) is 1. The molecule has 1 heterocycles. The third-order valence-corrected chi connectivity index (χ3v) is 3.86. The highest BCUT2D eigenvalue weighted by atomic mass is 16.5. The van der Waals surface area contributed by atoms with E-state index >= 15 is 0 Å². The molecule has 2 heteroatoms. The highest BCUT2D eigenvalue weighted by molar-refractivity contribution is 5.37. The maximum Gasteiger partial charge on any atom is 0.123 e. The Hall–Kier alpha value is -1.02. The molecule has 1 N–H and O–H groups in total. The zero-order valence-electron chi connectivity index (χ0n) is 11.9. The lowest BCUT2D eigenvalue weighted by Crippen LogP contribution is -2.45. The third kappa shape index (κ3) is 2.86. The maximum absolute atomic E-state index is 6.10. The van der Waals surface area contributed by atoms with Crippen molar-refractivity contribution < 1.29 is 4.74 Å². The average Bonchev–Trinajstić information content (AvgIpc) is 2.71. The first-order valence-corrected chi connectivity index (χ1v) is 7.03. The molecule has 1 aromatic rings. The summed E-state index contributed by atoms with van der Waals surface area (Å²) in [5.74, 6) is 2.44. The van der Waals surface area contributed by atoms with Crippen LogP contribution in [0.15, 0.2) is 24.3 Å². The number of hydrogen-bond acceptors (Lipinski definition) is 2. The molecular weight excluding hydrogens is 222 g/mol. The summed E-state index contributed by atoms with van der Waals surface area (Å²) in [5, 5.41) is 3.46. The zero-order valence-corrected chi connectivity index (χ0v) is 11.9. The van der Waals surface area contributed by atoms with E-state index in [1.807, 2.05) is 13.1 Å². The molecule has 0 radical (unpaired) electrons. The molecule has 0 aliphatic carbocycles. The summed E-state index contributed by atoms with van der Waals surface area (Å²) in [6.07, 6.45) is 2.55. The minimum absolute atomic E-state index is 0.279. The lowest BCUT2D eigenvalue weighted by molar-refractivity contribution is 0.142. The van der Waals surface area contributed by atoms with Crippen molar-refractivity contribution in [3.8, 4) is 5.75 Å². The Labute approximate surface area is 111 Å². The topological polar surface area (TPSA) is 21.3 Å². The Balaban J connectivity index is 2.03. The van der Waals surface area contributed by atoms with Crippen LogP contribution in [0.25, 0.3) is 0 Å². The van der Waals surface area contributed by atoms with Crippen molar-refractivity contribution in [1.82, 2.24) is 5.32 Å². The van der Waals surface area contributed by atoms with Crippen molar-refractivity contribution in [2.24, 2.45) is 11.8 Å². The second-order valence-electron chi connectivity index (χ2n) is 5.89. The van der Waals surface area contributed by atoms with Gasteiger partial charge in [0.15, 0.2) is 0 Å². The molecule has 3 atom stereocenters. The van der Waals surface area contributed by atoms with Gasteiger partial charge in [-0.05, 0) is 36.9 Å². The van der Waals surface area contributed by atoms with E-state index in [0.717, 1.165) is 18.1 Å². The summed E-state index contributed by atoms with van der Waals surface area (Å²) in [6, 6.07) is 8.83. The number of ether oxygens (including phenoxy) is 1. The molecule has 0 saturated heterocycles. The van der Waals surface area contributed by atoms with E-state index in [4.69, 9.17) is 4.74 Å². The van der Waals surface area contributed by atoms with Crippen LogP contribution < -0.4 is 10.1 Å². The fourth-order valence-corrected chi connectivity index (χ4v) is 3.14. The number of nitrogens with one attached hydrogen (secondary N) is 1. The third-order valence-electron chi connectivity index (χ3n) is 3.86. The largest absolute Gasteiger partial charge is 0.488 e. The summed E-state index contributed by atoms with van der Waals surface area (Å²) >= 11 is 0. The standard InChI is InChI=1S/C16H25NO/c1-11(2)9-12(3)16(17-4)15-10-13-7-5-6-8-14(13)18-15/h5-8,11-12,15-17H,9-10H2,1-4H3. The molecule has 0 saturated carbocycles. The van der Waals surface area contributed by atoms with Gasteiger partial charge in [0.05, 0.1) is 0 Å². The van der Waals surface area contributed by atoms with Gasteiger partial charge in [-0.3, -0.25) is 0 Å². The highest BCUT2D eigenvalue weighted by Gasteiger charge is 2.32. The van der Waals surface area contributed by atoms with Gasteiger partial charge in [0, 0.05) is 12.5 Å². The van der Waals surface area contributed by atoms with Crippen LogP contribution in [0.3, 0.4) is 0 Å². The van der Waals surface area contributed by atoms with Crippen molar-refractivity contribution in [3.05, 3.63) is 29.8 Å². The normalized spacial score (nSPS) is 21.5. The van der Waals surface area contributed by atoms with Gasteiger partial charge in [-0.25, -0.2) is 0 Å². The van der Waals surface area contributed by atoms with Crippen molar-refractivity contribution in [2.75, 3.05) is 7.05 Å².